The molecular weight excluding hydrogens is 364 g/mol. The molecule has 0 spiro atoms. The standard InChI is InChI=1S/C22H26N6O/c1-17-24-22(26-25-17)20-9-11-27(21(29)14-18-6-3-2-4-7-18)12-13-28(20)16-19-8-5-10-23-15-19/h2-8,10,15,20H,9,11-14,16H2,1H3,(H,24,25,26). The van der Waals surface area contributed by atoms with Gasteiger partial charge >= 0.3 is 0 Å². The first-order valence-electron chi connectivity index (χ1n) is 10.0. The first-order chi connectivity index (χ1) is 14.2. The molecule has 3 aromatic rings. The molecule has 1 unspecified atom stereocenters. The number of nitrogens with zero attached hydrogens (tertiary/aromatic N) is 5. The molecule has 0 bridgehead atoms. The van der Waals surface area contributed by atoms with Crippen molar-refractivity contribution in [3.8, 4) is 0 Å². The molecule has 3 heterocycles. The quantitative estimate of drug-likeness (QED) is 0.724. The van der Waals surface area contributed by atoms with Crippen molar-refractivity contribution in [2.24, 2.45) is 0 Å². The van der Waals surface area contributed by atoms with Gasteiger partial charge in [0.05, 0.1) is 12.5 Å². The van der Waals surface area contributed by atoms with Gasteiger partial charge in [0, 0.05) is 38.6 Å². The Labute approximate surface area is 170 Å². The molecule has 1 aromatic carbocycles. The topological polar surface area (TPSA) is 78.0 Å². The Morgan fingerprint density at radius 3 is 2.66 bits per heavy atom. The van der Waals surface area contributed by atoms with Gasteiger partial charge in [0.2, 0.25) is 5.91 Å². The van der Waals surface area contributed by atoms with Crippen LogP contribution in [0.15, 0.2) is 54.9 Å². The van der Waals surface area contributed by atoms with Crippen LogP contribution in [-0.2, 0) is 17.8 Å². The van der Waals surface area contributed by atoms with Crippen LogP contribution in [0.2, 0.25) is 0 Å². The lowest BCUT2D eigenvalue weighted by Gasteiger charge is -2.27. The summed E-state index contributed by atoms with van der Waals surface area (Å²) >= 11 is 0. The van der Waals surface area contributed by atoms with Crippen LogP contribution in [0.25, 0.3) is 0 Å². The Morgan fingerprint density at radius 1 is 1.10 bits per heavy atom. The minimum absolute atomic E-state index is 0.0645. The SMILES string of the molecule is Cc1nc(C2CCN(C(=O)Cc3ccccc3)CCN2Cc2cccnc2)n[nH]1. The molecule has 1 fully saturated rings. The highest BCUT2D eigenvalue weighted by molar-refractivity contribution is 5.78. The molecule has 7 heteroatoms. The molecule has 1 saturated heterocycles. The molecule has 29 heavy (non-hydrogen) atoms. The Hall–Kier alpha value is -3.06. The van der Waals surface area contributed by atoms with Crippen LogP contribution in [0.5, 0.6) is 0 Å². The molecule has 0 radical (unpaired) electrons. The highest BCUT2D eigenvalue weighted by atomic mass is 16.2. The second-order valence-corrected chi connectivity index (χ2v) is 7.46. The molecule has 7 nitrogen and oxygen atoms in total. The fraction of sp³-hybridized carbons (Fsp3) is 0.364. The predicted octanol–water partition coefficient (Wildman–Crippen LogP) is 2.53. The van der Waals surface area contributed by atoms with Crippen LogP contribution in [0.1, 0.15) is 35.2 Å². The smallest absolute Gasteiger partial charge is 0.227 e. The van der Waals surface area contributed by atoms with Crippen molar-refractivity contribution in [1.82, 2.24) is 30.0 Å². The number of rotatable bonds is 5. The molecule has 0 aliphatic carbocycles. The second-order valence-electron chi connectivity index (χ2n) is 7.46. The third-order valence-electron chi connectivity index (χ3n) is 5.34. The van der Waals surface area contributed by atoms with Gasteiger partial charge in [0.1, 0.15) is 5.82 Å². The number of aryl methyl sites for hydroxylation is 1. The number of hydrogen-bond donors (Lipinski definition) is 1. The van der Waals surface area contributed by atoms with Gasteiger partial charge in [-0.3, -0.25) is 19.8 Å². The maximum Gasteiger partial charge on any atom is 0.227 e. The van der Waals surface area contributed by atoms with Crippen molar-refractivity contribution in [3.05, 3.63) is 77.6 Å². The summed E-state index contributed by atoms with van der Waals surface area (Å²) in [6.07, 6.45) is 4.92. The molecule has 1 amide bonds. The number of carbonyl (C=O) groups excluding carboxylic acids is 1. The molecule has 1 N–H and O–H groups in total. The van der Waals surface area contributed by atoms with Crippen LogP contribution in [0, 0.1) is 6.92 Å². The van der Waals surface area contributed by atoms with Gasteiger partial charge in [-0.05, 0) is 30.5 Å². The molecule has 4 rings (SSSR count). The second kappa shape index (κ2) is 8.96. The summed E-state index contributed by atoms with van der Waals surface area (Å²) in [4.78, 5) is 26.0. The highest BCUT2D eigenvalue weighted by Gasteiger charge is 2.29. The van der Waals surface area contributed by atoms with Crippen LogP contribution in [0.4, 0.5) is 0 Å². The van der Waals surface area contributed by atoms with Crippen LogP contribution < -0.4 is 0 Å². The largest absolute Gasteiger partial charge is 0.341 e. The third kappa shape index (κ3) is 4.86. The molecule has 1 aliphatic rings. The van der Waals surface area contributed by atoms with E-state index < -0.39 is 0 Å². The highest BCUT2D eigenvalue weighted by Crippen LogP contribution is 2.26. The number of aromatic amines is 1. The average Bonchev–Trinajstić information content (AvgIpc) is 3.06. The Morgan fingerprint density at radius 2 is 1.93 bits per heavy atom. The normalized spacial score (nSPS) is 17.8. The minimum Gasteiger partial charge on any atom is -0.341 e. The number of H-pyrrole nitrogens is 1. The van der Waals surface area contributed by atoms with Gasteiger partial charge in [0.25, 0.3) is 0 Å². The van der Waals surface area contributed by atoms with Gasteiger partial charge in [-0.2, -0.15) is 5.10 Å². The summed E-state index contributed by atoms with van der Waals surface area (Å²) in [6, 6.07) is 14.0. The number of nitrogens with one attached hydrogen (secondary N) is 1. The van der Waals surface area contributed by atoms with E-state index in [1.54, 1.807) is 6.20 Å². The fourth-order valence-corrected chi connectivity index (χ4v) is 3.83. The number of hydrogen-bond acceptors (Lipinski definition) is 5. The molecule has 150 valence electrons. The number of aromatic nitrogens is 4. The Balaban J connectivity index is 1.50. The van der Waals surface area contributed by atoms with E-state index in [1.807, 2.05) is 54.4 Å². The zero-order valence-corrected chi connectivity index (χ0v) is 16.7. The summed E-state index contributed by atoms with van der Waals surface area (Å²) in [5.41, 5.74) is 2.20. The van der Waals surface area contributed by atoms with Crippen molar-refractivity contribution < 1.29 is 4.79 Å². The summed E-state index contributed by atoms with van der Waals surface area (Å²) in [5, 5.41) is 7.37. The van der Waals surface area contributed by atoms with Crippen molar-refractivity contribution >= 4 is 5.91 Å². The van der Waals surface area contributed by atoms with Crippen LogP contribution >= 0.6 is 0 Å². The lowest BCUT2D eigenvalue weighted by molar-refractivity contribution is -0.130. The van der Waals surface area contributed by atoms with E-state index in [9.17, 15) is 4.79 Å². The number of amides is 1. The lowest BCUT2D eigenvalue weighted by atomic mass is 10.1. The van der Waals surface area contributed by atoms with Crippen molar-refractivity contribution in [1.29, 1.82) is 0 Å². The summed E-state index contributed by atoms with van der Waals surface area (Å²) in [5.74, 6) is 1.77. The van der Waals surface area contributed by atoms with Crippen molar-refractivity contribution in [2.45, 2.75) is 32.4 Å². The monoisotopic (exact) mass is 390 g/mol. The Kier molecular flexibility index (Phi) is 5.95. The average molecular weight is 390 g/mol. The van der Waals surface area contributed by atoms with Gasteiger partial charge in [-0.1, -0.05) is 36.4 Å². The van der Waals surface area contributed by atoms with Crippen LogP contribution in [0.3, 0.4) is 0 Å². The summed E-state index contributed by atoms with van der Waals surface area (Å²) in [6.45, 7) is 4.84. The molecule has 0 saturated carbocycles. The predicted molar refractivity (Wildman–Crippen MR) is 110 cm³/mol. The van der Waals surface area contributed by atoms with Gasteiger partial charge < -0.3 is 4.90 Å². The van der Waals surface area contributed by atoms with E-state index in [0.717, 1.165) is 42.3 Å². The Bertz CT molecular complexity index is 927. The van der Waals surface area contributed by atoms with Gasteiger partial charge in [-0.25, -0.2) is 4.98 Å². The first-order valence-corrected chi connectivity index (χ1v) is 10.0. The summed E-state index contributed by atoms with van der Waals surface area (Å²) in [7, 11) is 0. The number of carbonyl (C=O) groups is 1. The molecule has 2 aromatic heterocycles. The molecule has 1 aliphatic heterocycles. The van der Waals surface area contributed by atoms with E-state index in [-0.39, 0.29) is 11.9 Å². The van der Waals surface area contributed by atoms with Gasteiger partial charge in [-0.15, -0.1) is 0 Å². The van der Waals surface area contributed by atoms with Crippen molar-refractivity contribution in [2.75, 3.05) is 19.6 Å². The van der Waals surface area contributed by atoms with Crippen LogP contribution in [-0.4, -0.2) is 55.5 Å². The van der Waals surface area contributed by atoms with E-state index in [2.05, 4.69) is 31.1 Å². The first kappa shape index (κ1) is 19.3. The third-order valence-corrected chi connectivity index (χ3v) is 5.34. The van der Waals surface area contributed by atoms with Gasteiger partial charge in [0.15, 0.2) is 5.82 Å². The van der Waals surface area contributed by atoms with E-state index in [4.69, 9.17) is 0 Å². The fourth-order valence-electron chi connectivity index (χ4n) is 3.83. The van der Waals surface area contributed by atoms with E-state index in [0.29, 0.717) is 19.5 Å². The maximum atomic E-state index is 12.9. The molecule has 1 atom stereocenters. The zero-order valence-electron chi connectivity index (χ0n) is 16.7. The molecular formula is C22H26N6O. The maximum absolute atomic E-state index is 12.9. The lowest BCUT2D eigenvalue weighted by Crippen LogP contribution is -2.36. The zero-order chi connectivity index (χ0) is 20.1. The number of pyridine rings is 1. The minimum atomic E-state index is 0.0645. The van der Waals surface area contributed by atoms with E-state index >= 15 is 0 Å². The van der Waals surface area contributed by atoms with Crippen molar-refractivity contribution in [3.63, 3.8) is 0 Å². The van der Waals surface area contributed by atoms with E-state index in [1.165, 1.54) is 0 Å². The summed E-state index contributed by atoms with van der Waals surface area (Å²) < 4.78 is 0. The number of benzene rings is 1.